The van der Waals surface area contributed by atoms with Crippen molar-refractivity contribution in [3.63, 3.8) is 0 Å². The van der Waals surface area contributed by atoms with E-state index in [0.717, 1.165) is 22.5 Å². The molecule has 0 aliphatic carbocycles. The minimum absolute atomic E-state index is 0.142. The van der Waals surface area contributed by atoms with Gasteiger partial charge in [0.05, 0.1) is 30.8 Å². The second kappa shape index (κ2) is 9.56. The van der Waals surface area contributed by atoms with Crippen molar-refractivity contribution < 1.29 is 9.59 Å². The van der Waals surface area contributed by atoms with Gasteiger partial charge < -0.3 is 9.80 Å². The van der Waals surface area contributed by atoms with E-state index < -0.39 is 0 Å². The number of aromatic nitrogens is 4. The molecule has 9 heteroatoms. The first kappa shape index (κ1) is 22.0. The molecule has 0 fully saturated rings. The predicted molar refractivity (Wildman–Crippen MR) is 128 cm³/mol. The summed E-state index contributed by atoms with van der Waals surface area (Å²) in [5.41, 5.74) is 6.30. The number of carbonyl (C=O) groups excluding carboxylic acids is 2. The van der Waals surface area contributed by atoms with E-state index in [-0.39, 0.29) is 11.8 Å². The van der Waals surface area contributed by atoms with E-state index in [0.29, 0.717) is 44.0 Å². The van der Waals surface area contributed by atoms with Gasteiger partial charge in [0.1, 0.15) is 5.69 Å². The zero-order valence-corrected chi connectivity index (χ0v) is 19.6. The summed E-state index contributed by atoms with van der Waals surface area (Å²) in [6, 6.07) is 15.4. The van der Waals surface area contributed by atoms with Gasteiger partial charge in [-0.3, -0.25) is 19.3 Å². The van der Waals surface area contributed by atoms with Crippen LogP contribution in [0.25, 0.3) is 0 Å². The van der Waals surface area contributed by atoms with Crippen LogP contribution in [0.1, 0.15) is 43.5 Å². The van der Waals surface area contributed by atoms with E-state index in [4.69, 9.17) is 5.10 Å². The van der Waals surface area contributed by atoms with E-state index in [1.165, 1.54) is 11.3 Å². The van der Waals surface area contributed by atoms with Crippen LogP contribution in [0.5, 0.6) is 0 Å². The standard InChI is InChI=1S/C25H24N6O2S/c1-29(14-19-16-34-17-27-19)25(33)23-20-15-30(24(32)21-9-5-6-11-26-21)12-10-22(20)31(28-23)13-18-7-3-2-4-8-18/h2-9,11,16-17H,10,12-15H2,1H3. The zero-order valence-electron chi connectivity index (χ0n) is 18.8. The zero-order chi connectivity index (χ0) is 23.5. The lowest BCUT2D eigenvalue weighted by atomic mass is 10.0. The smallest absolute Gasteiger partial charge is 0.274 e. The molecule has 8 nitrogen and oxygen atoms in total. The molecule has 0 unspecified atom stereocenters. The largest absolute Gasteiger partial charge is 0.334 e. The van der Waals surface area contributed by atoms with E-state index in [1.54, 1.807) is 46.8 Å². The fourth-order valence-corrected chi connectivity index (χ4v) is 4.74. The molecule has 0 atom stereocenters. The van der Waals surface area contributed by atoms with Crippen LogP contribution in [0.4, 0.5) is 0 Å². The molecule has 0 bridgehead atoms. The number of thiazole rings is 1. The van der Waals surface area contributed by atoms with Gasteiger partial charge in [-0.2, -0.15) is 5.10 Å². The minimum Gasteiger partial charge on any atom is -0.334 e. The highest BCUT2D eigenvalue weighted by Crippen LogP contribution is 2.26. The van der Waals surface area contributed by atoms with Gasteiger partial charge in [0.15, 0.2) is 5.69 Å². The molecule has 0 spiro atoms. The number of rotatable bonds is 6. The molecule has 0 saturated carbocycles. The highest BCUT2D eigenvalue weighted by molar-refractivity contribution is 7.07. The van der Waals surface area contributed by atoms with Crippen LogP contribution in [0.2, 0.25) is 0 Å². The maximum Gasteiger partial charge on any atom is 0.274 e. The van der Waals surface area contributed by atoms with Gasteiger partial charge in [0.2, 0.25) is 0 Å². The Morgan fingerprint density at radius 1 is 1.09 bits per heavy atom. The third-order valence-corrected chi connectivity index (χ3v) is 6.55. The third kappa shape index (κ3) is 4.47. The summed E-state index contributed by atoms with van der Waals surface area (Å²) in [5.74, 6) is -0.320. The normalized spacial score (nSPS) is 12.9. The van der Waals surface area contributed by atoms with E-state index >= 15 is 0 Å². The summed E-state index contributed by atoms with van der Waals surface area (Å²) >= 11 is 1.50. The van der Waals surface area contributed by atoms with Crippen molar-refractivity contribution in [2.24, 2.45) is 0 Å². The molecule has 0 saturated heterocycles. The maximum atomic E-state index is 13.5. The highest BCUT2D eigenvalue weighted by Gasteiger charge is 2.32. The summed E-state index contributed by atoms with van der Waals surface area (Å²) in [4.78, 5) is 38.4. The molecule has 5 rings (SSSR count). The molecule has 1 aliphatic rings. The molecule has 172 valence electrons. The van der Waals surface area contributed by atoms with Crippen molar-refractivity contribution in [3.8, 4) is 0 Å². The first-order chi connectivity index (χ1) is 16.6. The number of hydrogen-bond donors (Lipinski definition) is 0. The summed E-state index contributed by atoms with van der Waals surface area (Å²) in [6.07, 6.45) is 2.24. The maximum absolute atomic E-state index is 13.5. The highest BCUT2D eigenvalue weighted by atomic mass is 32.1. The van der Waals surface area contributed by atoms with Crippen molar-refractivity contribution >= 4 is 23.2 Å². The lowest BCUT2D eigenvalue weighted by molar-refractivity contribution is 0.0716. The van der Waals surface area contributed by atoms with Gasteiger partial charge in [-0.25, -0.2) is 4.98 Å². The van der Waals surface area contributed by atoms with E-state index in [2.05, 4.69) is 9.97 Å². The molecule has 0 N–H and O–H groups in total. The Hall–Kier alpha value is -3.85. The predicted octanol–water partition coefficient (Wildman–Crippen LogP) is 3.25. The quantitative estimate of drug-likeness (QED) is 0.430. The molecule has 2 amide bonds. The van der Waals surface area contributed by atoms with Crippen LogP contribution in [0, 0.1) is 0 Å². The number of carbonyl (C=O) groups is 2. The molecule has 4 heterocycles. The molecule has 34 heavy (non-hydrogen) atoms. The second-order valence-electron chi connectivity index (χ2n) is 8.25. The van der Waals surface area contributed by atoms with Crippen LogP contribution >= 0.6 is 11.3 Å². The minimum atomic E-state index is -0.178. The first-order valence-corrected chi connectivity index (χ1v) is 12.0. The van der Waals surface area contributed by atoms with Crippen LogP contribution in [0.3, 0.4) is 0 Å². The van der Waals surface area contributed by atoms with Crippen molar-refractivity contribution in [3.05, 3.63) is 99.5 Å². The van der Waals surface area contributed by atoms with Crippen LogP contribution < -0.4 is 0 Å². The SMILES string of the molecule is CN(Cc1cscn1)C(=O)c1nn(Cc2ccccc2)c2c1CN(C(=O)c1ccccn1)CC2. The number of amides is 2. The second-order valence-corrected chi connectivity index (χ2v) is 8.97. The fourth-order valence-electron chi connectivity index (χ4n) is 4.19. The molecule has 3 aromatic heterocycles. The Balaban J connectivity index is 1.46. The average molecular weight is 473 g/mol. The Morgan fingerprint density at radius 2 is 1.91 bits per heavy atom. The Kier molecular flexibility index (Phi) is 6.18. The Bertz CT molecular complexity index is 1290. The molecular formula is C25H24N6O2S. The first-order valence-electron chi connectivity index (χ1n) is 11.1. The van der Waals surface area contributed by atoms with Gasteiger partial charge in [-0.1, -0.05) is 36.4 Å². The Labute approximate surface area is 201 Å². The average Bonchev–Trinajstić information content (AvgIpc) is 3.52. The fraction of sp³-hybridized carbons (Fsp3) is 0.240. The van der Waals surface area contributed by atoms with Gasteiger partial charge >= 0.3 is 0 Å². The monoisotopic (exact) mass is 472 g/mol. The molecule has 4 aromatic rings. The summed E-state index contributed by atoms with van der Waals surface area (Å²) in [7, 11) is 1.75. The van der Waals surface area contributed by atoms with Crippen molar-refractivity contribution in [1.29, 1.82) is 0 Å². The van der Waals surface area contributed by atoms with Crippen molar-refractivity contribution in [1.82, 2.24) is 29.5 Å². The number of nitrogens with zero attached hydrogens (tertiary/aromatic N) is 6. The van der Waals surface area contributed by atoms with Crippen molar-refractivity contribution in [2.75, 3.05) is 13.6 Å². The molecule has 0 radical (unpaired) electrons. The lowest BCUT2D eigenvalue weighted by Gasteiger charge is -2.28. The lowest BCUT2D eigenvalue weighted by Crippen LogP contribution is -2.37. The molecule has 1 aromatic carbocycles. The number of pyridine rings is 1. The number of hydrogen-bond acceptors (Lipinski definition) is 6. The van der Waals surface area contributed by atoms with Gasteiger partial charge in [0.25, 0.3) is 11.8 Å². The molecule has 1 aliphatic heterocycles. The van der Waals surface area contributed by atoms with Gasteiger partial charge in [0, 0.05) is 42.8 Å². The summed E-state index contributed by atoms with van der Waals surface area (Å²) in [5, 5.41) is 6.69. The van der Waals surface area contributed by atoms with Crippen LogP contribution in [0.15, 0.2) is 65.6 Å². The van der Waals surface area contributed by atoms with Gasteiger partial charge in [-0.05, 0) is 17.7 Å². The number of benzene rings is 1. The molecular weight excluding hydrogens is 448 g/mol. The summed E-state index contributed by atoms with van der Waals surface area (Å²) < 4.78 is 1.91. The topological polar surface area (TPSA) is 84.2 Å². The van der Waals surface area contributed by atoms with Crippen molar-refractivity contribution in [2.45, 2.75) is 26.1 Å². The van der Waals surface area contributed by atoms with Crippen LogP contribution in [-0.2, 0) is 26.1 Å². The number of fused-ring (bicyclic) bond motifs is 1. The third-order valence-electron chi connectivity index (χ3n) is 5.91. The Morgan fingerprint density at radius 3 is 2.65 bits per heavy atom. The van der Waals surface area contributed by atoms with E-state index in [1.807, 2.05) is 40.4 Å². The van der Waals surface area contributed by atoms with Crippen LogP contribution in [-0.4, -0.2) is 55.0 Å². The van der Waals surface area contributed by atoms with E-state index in [9.17, 15) is 9.59 Å². The summed E-state index contributed by atoms with van der Waals surface area (Å²) in [6.45, 7) is 1.84. The van der Waals surface area contributed by atoms with Gasteiger partial charge in [-0.15, -0.1) is 11.3 Å².